The monoisotopic (exact) mass is 202 g/mol. The minimum absolute atomic E-state index is 0.176. The van der Waals surface area contributed by atoms with E-state index >= 15 is 0 Å². The van der Waals surface area contributed by atoms with E-state index in [1.807, 2.05) is 0 Å². The van der Waals surface area contributed by atoms with E-state index < -0.39 is 11.9 Å². The Morgan fingerprint density at radius 3 is 2.43 bits per heavy atom. The van der Waals surface area contributed by atoms with Crippen molar-refractivity contribution < 1.29 is 14.7 Å². The summed E-state index contributed by atoms with van der Waals surface area (Å²) in [5.41, 5.74) is 5.29. The van der Waals surface area contributed by atoms with E-state index in [1.165, 1.54) is 0 Å². The number of nitrogens with two attached hydrogens (primary N) is 1. The van der Waals surface area contributed by atoms with Gasteiger partial charge in [-0.1, -0.05) is 13.8 Å². The largest absolute Gasteiger partial charge is 0.481 e. The molecule has 0 fully saturated rings. The fraction of sp³-hybridized carbons (Fsp3) is 0.778. The van der Waals surface area contributed by atoms with Crippen LogP contribution in [0.15, 0.2) is 0 Å². The molecule has 0 aromatic rings. The van der Waals surface area contributed by atoms with Crippen LogP contribution in [0.25, 0.3) is 0 Å². The highest BCUT2D eigenvalue weighted by Crippen LogP contribution is 2.01. The molecule has 0 aliphatic heterocycles. The summed E-state index contributed by atoms with van der Waals surface area (Å²) in [5, 5.41) is 11.3. The lowest BCUT2D eigenvalue weighted by molar-refractivity contribution is -0.141. The van der Waals surface area contributed by atoms with E-state index in [4.69, 9.17) is 10.8 Å². The lowest BCUT2D eigenvalue weighted by Crippen LogP contribution is -2.37. The predicted molar refractivity (Wildman–Crippen MR) is 52.6 cm³/mol. The maximum absolute atomic E-state index is 11.2. The van der Waals surface area contributed by atoms with Crippen LogP contribution in [0.5, 0.6) is 0 Å². The van der Waals surface area contributed by atoms with E-state index in [0.29, 0.717) is 6.42 Å². The van der Waals surface area contributed by atoms with Crippen LogP contribution < -0.4 is 11.1 Å². The lowest BCUT2D eigenvalue weighted by Gasteiger charge is -2.13. The van der Waals surface area contributed by atoms with Gasteiger partial charge >= 0.3 is 5.97 Å². The van der Waals surface area contributed by atoms with E-state index in [9.17, 15) is 9.59 Å². The van der Waals surface area contributed by atoms with Gasteiger partial charge < -0.3 is 16.2 Å². The summed E-state index contributed by atoms with van der Waals surface area (Å²) in [5.74, 6) is -1.84. The molecule has 0 radical (unpaired) electrons. The molecule has 0 saturated heterocycles. The van der Waals surface area contributed by atoms with Gasteiger partial charge in [-0.05, 0) is 6.42 Å². The van der Waals surface area contributed by atoms with Crippen LogP contribution in [0.3, 0.4) is 0 Å². The van der Waals surface area contributed by atoms with Crippen molar-refractivity contribution >= 4 is 11.9 Å². The van der Waals surface area contributed by atoms with Crippen LogP contribution in [0.2, 0.25) is 0 Å². The number of carbonyl (C=O) groups excluding carboxylic acids is 1. The van der Waals surface area contributed by atoms with Crippen molar-refractivity contribution in [3.05, 3.63) is 0 Å². The highest BCUT2D eigenvalue weighted by atomic mass is 16.4. The number of amides is 1. The van der Waals surface area contributed by atoms with Crippen molar-refractivity contribution in [2.75, 3.05) is 13.1 Å². The molecule has 0 saturated carbocycles. The van der Waals surface area contributed by atoms with E-state index in [-0.39, 0.29) is 24.9 Å². The second-order valence-corrected chi connectivity index (χ2v) is 3.33. The van der Waals surface area contributed by atoms with Gasteiger partial charge in [0.1, 0.15) is 0 Å². The van der Waals surface area contributed by atoms with Gasteiger partial charge in [0.15, 0.2) is 0 Å². The van der Waals surface area contributed by atoms with Gasteiger partial charge in [-0.25, -0.2) is 0 Å². The summed E-state index contributed by atoms with van der Waals surface area (Å²) in [7, 11) is 0. The second-order valence-electron chi connectivity index (χ2n) is 3.33. The van der Waals surface area contributed by atoms with Crippen LogP contribution in [0, 0.1) is 11.8 Å². The molecule has 5 heteroatoms. The Bertz CT molecular complexity index is 206. The van der Waals surface area contributed by atoms with Crippen molar-refractivity contribution in [2.45, 2.75) is 20.3 Å². The maximum Gasteiger partial charge on any atom is 0.308 e. The van der Waals surface area contributed by atoms with E-state index in [2.05, 4.69) is 5.32 Å². The van der Waals surface area contributed by atoms with Crippen molar-refractivity contribution in [3.8, 4) is 0 Å². The summed E-state index contributed by atoms with van der Waals surface area (Å²) >= 11 is 0. The first kappa shape index (κ1) is 12.9. The molecular formula is C9H18N2O3. The van der Waals surface area contributed by atoms with Crippen molar-refractivity contribution in [1.82, 2.24) is 5.32 Å². The zero-order valence-electron chi connectivity index (χ0n) is 8.62. The minimum Gasteiger partial charge on any atom is -0.481 e. The molecule has 0 aliphatic rings. The fourth-order valence-electron chi connectivity index (χ4n) is 0.911. The normalized spacial score (nSPS) is 14.5. The number of carboxylic acid groups (broad SMARTS) is 1. The topological polar surface area (TPSA) is 92.4 Å². The fourth-order valence-corrected chi connectivity index (χ4v) is 0.911. The van der Waals surface area contributed by atoms with Crippen molar-refractivity contribution in [1.29, 1.82) is 0 Å². The maximum atomic E-state index is 11.2. The van der Waals surface area contributed by atoms with Gasteiger partial charge in [-0.15, -0.1) is 0 Å². The van der Waals surface area contributed by atoms with Gasteiger partial charge in [-0.3, -0.25) is 9.59 Å². The molecule has 2 unspecified atom stereocenters. The number of hydrogen-bond acceptors (Lipinski definition) is 3. The molecule has 82 valence electrons. The zero-order valence-corrected chi connectivity index (χ0v) is 8.62. The molecule has 0 bridgehead atoms. The second kappa shape index (κ2) is 6.37. The molecular weight excluding hydrogens is 184 g/mol. The summed E-state index contributed by atoms with van der Waals surface area (Å²) < 4.78 is 0. The Balaban J connectivity index is 3.91. The zero-order chi connectivity index (χ0) is 11.1. The Morgan fingerprint density at radius 1 is 1.50 bits per heavy atom. The van der Waals surface area contributed by atoms with Crippen LogP contribution in [-0.2, 0) is 9.59 Å². The molecule has 0 rings (SSSR count). The Hall–Kier alpha value is -1.10. The molecule has 0 aromatic heterocycles. The van der Waals surface area contributed by atoms with Crippen LogP contribution in [0.4, 0.5) is 0 Å². The average molecular weight is 202 g/mol. The third-order valence-electron chi connectivity index (χ3n) is 2.17. The first-order chi connectivity index (χ1) is 6.52. The van der Waals surface area contributed by atoms with Crippen LogP contribution >= 0.6 is 0 Å². The smallest absolute Gasteiger partial charge is 0.308 e. The molecule has 14 heavy (non-hydrogen) atoms. The average Bonchev–Trinajstić information content (AvgIpc) is 2.16. The van der Waals surface area contributed by atoms with Crippen LogP contribution in [-0.4, -0.2) is 30.1 Å². The molecule has 0 aromatic carbocycles. The number of nitrogens with one attached hydrogen (secondary N) is 1. The Kier molecular flexibility index (Phi) is 5.87. The van der Waals surface area contributed by atoms with Crippen LogP contribution in [0.1, 0.15) is 20.3 Å². The number of rotatable bonds is 6. The predicted octanol–water partition coefficient (Wildman–Crippen LogP) is -0.192. The highest BCUT2D eigenvalue weighted by Gasteiger charge is 2.17. The van der Waals surface area contributed by atoms with Gasteiger partial charge in [0.2, 0.25) is 5.91 Å². The molecule has 0 aliphatic carbocycles. The third kappa shape index (κ3) is 4.23. The van der Waals surface area contributed by atoms with E-state index in [1.54, 1.807) is 13.8 Å². The van der Waals surface area contributed by atoms with Gasteiger partial charge in [0.25, 0.3) is 0 Å². The SMILES string of the molecule is CCC(CNC(=O)C(C)CN)C(=O)O. The molecule has 5 nitrogen and oxygen atoms in total. The van der Waals surface area contributed by atoms with E-state index in [0.717, 1.165) is 0 Å². The summed E-state index contributed by atoms with van der Waals surface area (Å²) in [6.45, 7) is 3.93. The standard InChI is InChI=1S/C9H18N2O3/c1-3-7(9(13)14)5-11-8(12)6(2)4-10/h6-7H,3-5,10H2,1-2H3,(H,11,12)(H,13,14). The minimum atomic E-state index is -0.881. The van der Waals surface area contributed by atoms with Gasteiger partial charge in [0, 0.05) is 19.0 Å². The summed E-state index contributed by atoms with van der Waals surface area (Å²) in [4.78, 5) is 21.8. The van der Waals surface area contributed by atoms with Gasteiger partial charge in [-0.2, -0.15) is 0 Å². The Labute approximate surface area is 83.7 Å². The molecule has 0 heterocycles. The van der Waals surface area contributed by atoms with Gasteiger partial charge in [0.05, 0.1) is 5.92 Å². The molecule has 4 N–H and O–H groups in total. The number of hydrogen-bond donors (Lipinski definition) is 3. The first-order valence-electron chi connectivity index (χ1n) is 4.73. The Morgan fingerprint density at radius 2 is 2.07 bits per heavy atom. The molecule has 2 atom stereocenters. The highest BCUT2D eigenvalue weighted by molar-refractivity contribution is 5.79. The quantitative estimate of drug-likeness (QED) is 0.556. The molecule has 0 spiro atoms. The summed E-state index contributed by atoms with van der Waals surface area (Å²) in [6.07, 6.45) is 0.507. The molecule has 1 amide bonds. The van der Waals surface area contributed by atoms with Crippen molar-refractivity contribution in [2.24, 2.45) is 17.6 Å². The number of carboxylic acids is 1. The first-order valence-corrected chi connectivity index (χ1v) is 4.73. The number of aliphatic carboxylic acids is 1. The van der Waals surface area contributed by atoms with Crippen molar-refractivity contribution in [3.63, 3.8) is 0 Å². The third-order valence-corrected chi connectivity index (χ3v) is 2.17. The lowest BCUT2D eigenvalue weighted by atomic mass is 10.1. The number of carbonyl (C=O) groups is 2. The summed E-state index contributed by atoms with van der Waals surface area (Å²) in [6, 6.07) is 0.